The quantitative estimate of drug-likeness (QED) is 0.317. The monoisotopic (exact) mass is 378 g/mol. The van der Waals surface area contributed by atoms with E-state index in [9.17, 15) is 14.7 Å². The lowest BCUT2D eigenvalue weighted by atomic mass is 9.85. The van der Waals surface area contributed by atoms with E-state index in [1.807, 2.05) is 18.2 Å². The number of aliphatic hydroxyl groups excluding tert-OH is 1. The maximum atomic E-state index is 12.4. The van der Waals surface area contributed by atoms with Gasteiger partial charge in [0.25, 0.3) is 0 Å². The zero-order valence-corrected chi connectivity index (χ0v) is 17.1. The van der Waals surface area contributed by atoms with Crippen molar-refractivity contribution in [3.63, 3.8) is 0 Å². The van der Waals surface area contributed by atoms with Crippen LogP contribution < -0.4 is 0 Å². The second-order valence-corrected chi connectivity index (χ2v) is 7.82. The Bertz CT molecular complexity index is 495. The average Bonchev–Trinajstić information content (AvgIpc) is 2.94. The summed E-state index contributed by atoms with van der Waals surface area (Å²) in [4.78, 5) is 23.0. The number of ketones is 1. The zero-order valence-electron chi connectivity index (χ0n) is 17.1. The number of carbonyl (C=O) groups excluding carboxylic acids is 1. The maximum Gasteiger partial charge on any atom is 0.303 e. The molecule has 27 heavy (non-hydrogen) atoms. The molecular weight excluding hydrogens is 340 g/mol. The van der Waals surface area contributed by atoms with Crippen LogP contribution in [0.25, 0.3) is 0 Å². The molecule has 0 saturated heterocycles. The summed E-state index contributed by atoms with van der Waals surface area (Å²) in [6, 6.07) is 0. The van der Waals surface area contributed by atoms with Crippen molar-refractivity contribution < 1.29 is 19.8 Å². The van der Waals surface area contributed by atoms with Crippen molar-refractivity contribution >= 4 is 11.8 Å². The number of carboxylic acid groups (broad SMARTS) is 1. The minimum absolute atomic E-state index is 0.0379. The van der Waals surface area contributed by atoms with E-state index in [0.29, 0.717) is 31.0 Å². The van der Waals surface area contributed by atoms with Gasteiger partial charge in [-0.25, -0.2) is 0 Å². The molecule has 0 aliphatic heterocycles. The molecule has 0 radical (unpaired) electrons. The minimum atomic E-state index is -0.799. The Kier molecular flexibility index (Phi) is 12.0. The molecule has 0 spiro atoms. The van der Waals surface area contributed by atoms with Gasteiger partial charge in [-0.15, -0.1) is 0 Å². The van der Waals surface area contributed by atoms with Crippen LogP contribution >= 0.6 is 0 Å². The first kappa shape index (κ1) is 23.6. The van der Waals surface area contributed by atoms with Crippen molar-refractivity contribution in [2.75, 3.05) is 0 Å². The van der Waals surface area contributed by atoms with E-state index >= 15 is 0 Å². The number of unbranched alkanes of at least 4 members (excludes halogenated alkanes) is 4. The summed E-state index contributed by atoms with van der Waals surface area (Å²) >= 11 is 0. The van der Waals surface area contributed by atoms with Crippen molar-refractivity contribution in [1.82, 2.24) is 0 Å². The Labute approximate surface area is 164 Å². The molecule has 154 valence electrons. The Hall–Kier alpha value is -1.42. The first-order valence-corrected chi connectivity index (χ1v) is 10.7. The summed E-state index contributed by atoms with van der Waals surface area (Å²) in [6.07, 6.45) is 17.0. The van der Waals surface area contributed by atoms with Gasteiger partial charge in [-0.05, 0) is 31.1 Å². The highest BCUT2D eigenvalue weighted by Gasteiger charge is 2.38. The lowest BCUT2D eigenvalue weighted by Gasteiger charge is -2.19. The molecule has 4 atom stereocenters. The largest absolute Gasteiger partial charge is 0.481 e. The molecule has 1 aliphatic carbocycles. The summed E-state index contributed by atoms with van der Waals surface area (Å²) in [5, 5.41) is 18.9. The number of allylic oxidation sites excluding steroid dienone is 3. The fourth-order valence-electron chi connectivity index (χ4n) is 3.96. The SMILES string of the molecule is CCCCCCCC(O)/C=C\C1C(CC)CC(=O)C1C/C=C/CCC(=O)O. The smallest absolute Gasteiger partial charge is 0.303 e. The van der Waals surface area contributed by atoms with Gasteiger partial charge in [0.2, 0.25) is 0 Å². The molecule has 0 bridgehead atoms. The third-order valence-electron chi connectivity index (χ3n) is 5.65. The van der Waals surface area contributed by atoms with Crippen LogP contribution in [-0.4, -0.2) is 28.1 Å². The summed E-state index contributed by atoms with van der Waals surface area (Å²) in [6.45, 7) is 4.32. The number of hydrogen-bond acceptors (Lipinski definition) is 3. The molecule has 1 rings (SSSR count). The molecule has 1 aliphatic rings. The summed E-state index contributed by atoms with van der Waals surface area (Å²) in [7, 11) is 0. The molecule has 0 amide bonds. The zero-order chi connectivity index (χ0) is 20.1. The molecule has 0 aromatic heterocycles. The van der Waals surface area contributed by atoms with Gasteiger partial charge >= 0.3 is 5.97 Å². The van der Waals surface area contributed by atoms with Crippen LogP contribution in [-0.2, 0) is 9.59 Å². The van der Waals surface area contributed by atoms with Gasteiger partial charge in [-0.2, -0.15) is 0 Å². The normalized spacial score (nSPS) is 24.3. The van der Waals surface area contributed by atoms with Crippen LogP contribution in [0.15, 0.2) is 24.3 Å². The van der Waals surface area contributed by atoms with Gasteiger partial charge in [0.05, 0.1) is 6.10 Å². The van der Waals surface area contributed by atoms with E-state index in [0.717, 1.165) is 19.3 Å². The maximum absolute atomic E-state index is 12.4. The molecule has 0 aromatic rings. The van der Waals surface area contributed by atoms with Crippen LogP contribution in [0.4, 0.5) is 0 Å². The van der Waals surface area contributed by atoms with Crippen molar-refractivity contribution in [2.45, 2.75) is 90.6 Å². The lowest BCUT2D eigenvalue weighted by molar-refractivity contribution is -0.136. The fraction of sp³-hybridized carbons (Fsp3) is 0.739. The van der Waals surface area contributed by atoms with E-state index in [4.69, 9.17) is 5.11 Å². The summed E-state index contributed by atoms with van der Waals surface area (Å²) < 4.78 is 0. The number of aliphatic carboxylic acids is 1. The molecule has 1 fully saturated rings. The van der Waals surface area contributed by atoms with Crippen molar-refractivity contribution in [3.05, 3.63) is 24.3 Å². The van der Waals surface area contributed by atoms with Gasteiger partial charge in [-0.3, -0.25) is 9.59 Å². The standard InChI is InChI=1S/C23H38O4/c1-3-5-6-7-9-12-19(24)15-16-20-18(4-2)17-22(25)21(20)13-10-8-11-14-23(26)27/h8,10,15-16,18-21,24H,3-7,9,11-14,17H2,1-2H3,(H,26,27)/b10-8+,16-15-. The Morgan fingerprint density at radius 1 is 1.19 bits per heavy atom. The van der Waals surface area contributed by atoms with E-state index in [1.54, 1.807) is 0 Å². The third kappa shape index (κ3) is 9.37. The molecule has 0 heterocycles. The summed E-state index contributed by atoms with van der Waals surface area (Å²) in [5.74, 6) is -0.00566. The second-order valence-electron chi connectivity index (χ2n) is 7.82. The molecule has 4 unspecified atom stereocenters. The predicted octanol–water partition coefficient (Wildman–Crippen LogP) is 5.31. The van der Waals surface area contributed by atoms with Crippen molar-refractivity contribution in [3.8, 4) is 0 Å². The highest BCUT2D eigenvalue weighted by molar-refractivity contribution is 5.84. The van der Waals surface area contributed by atoms with Crippen molar-refractivity contribution in [2.24, 2.45) is 17.8 Å². The highest BCUT2D eigenvalue weighted by atomic mass is 16.4. The number of carbonyl (C=O) groups is 2. The van der Waals surface area contributed by atoms with Gasteiger partial charge < -0.3 is 10.2 Å². The number of aliphatic hydroxyl groups is 1. The number of hydrogen-bond donors (Lipinski definition) is 2. The van der Waals surface area contributed by atoms with Crippen LogP contribution in [0.3, 0.4) is 0 Å². The van der Waals surface area contributed by atoms with E-state index in [2.05, 4.69) is 19.9 Å². The third-order valence-corrected chi connectivity index (χ3v) is 5.65. The second kappa shape index (κ2) is 13.7. The number of rotatable bonds is 14. The molecule has 4 heteroatoms. The van der Waals surface area contributed by atoms with Gasteiger partial charge in [0, 0.05) is 18.8 Å². The van der Waals surface area contributed by atoms with Crippen LogP contribution in [0, 0.1) is 17.8 Å². The molecule has 2 N–H and O–H groups in total. The van der Waals surface area contributed by atoms with E-state index in [-0.39, 0.29) is 18.3 Å². The van der Waals surface area contributed by atoms with Gasteiger partial charge in [0.15, 0.2) is 0 Å². The summed E-state index contributed by atoms with van der Waals surface area (Å²) in [5.41, 5.74) is 0. The minimum Gasteiger partial charge on any atom is -0.481 e. The topological polar surface area (TPSA) is 74.6 Å². The molecule has 1 saturated carbocycles. The fourth-order valence-corrected chi connectivity index (χ4v) is 3.96. The van der Waals surface area contributed by atoms with Crippen molar-refractivity contribution in [1.29, 1.82) is 0 Å². The van der Waals surface area contributed by atoms with E-state index in [1.165, 1.54) is 25.7 Å². The molecule has 0 aromatic carbocycles. The predicted molar refractivity (Wildman–Crippen MR) is 110 cm³/mol. The lowest BCUT2D eigenvalue weighted by Crippen LogP contribution is -2.16. The van der Waals surface area contributed by atoms with Crippen LogP contribution in [0.5, 0.6) is 0 Å². The van der Waals surface area contributed by atoms with Crippen LogP contribution in [0.2, 0.25) is 0 Å². The Morgan fingerprint density at radius 2 is 1.93 bits per heavy atom. The highest BCUT2D eigenvalue weighted by Crippen LogP contribution is 2.39. The van der Waals surface area contributed by atoms with Gasteiger partial charge in [0.1, 0.15) is 5.78 Å². The Morgan fingerprint density at radius 3 is 2.59 bits per heavy atom. The first-order valence-electron chi connectivity index (χ1n) is 10.7. The van der Waals surface area contributed by atoms with E-state index < -0.39 is 12.1 Å². The van der Waals surface area contributed by atoms with Gasteiger partial charge in [-0.1, -0.05) is 76.7 Å². The number of Topliss-reactive ketones (excluding diaryl/α,β-unsaturated/α-hetero) is 1. The first-order chi connectivity index (χ1) is 13.0. The average molecular weight is 379 g/mol. The molecule has 4 nitrogen and oxygen atoms in total. The van der Waals surface area contributed by atoms with Crippen LogP contribution in [0.1, 0.15) is 84.5 Å². The Balaban J connectivity index is 2.53. The number of carboxylic acids is 1. The molecular formula is C23H38O4.